The number of amides is 3. The van der Waals surface area contributed by atoms with Gasteiger partial charge in [0.25, 0.3) is 0 Å². The highest BCUT2D eigenvalue weighted by Crippen LogP contribution is 2.38. The van der Waals surface area contributed by atoms with Crippen molar-refractivity contribution >= 4 is 18.1 Å². The van der Waals surface area contributed by atoms with Gasteiger partial charge < -0.3 is 39.1 Å². The summed E-state index contributed by atoms with van der Waals surface area (Å²) < 4.78 is 22.0. The average Bonchev–Trinajstić information content (AvgIpc) is 3.99. The van der Waals surface area contributed by atoms with Crippen molar-refractivity contribution < 1.29 is 33.3 Å². The fourth-order valence-corrected chi connectivity index (χ4v) is 7.15. The maximum absolute atomic E-state index is 13.7. The molecule has 268 valence electrons. The van der Waals surface area contributed by atoms with Gasteiger partial charge in [0.2, 0.25) is 5.91 Å². The van der Waals surface area contributed by atoms with Crippen molar-refractivity contribution in [3.05, 3.63) is 66.5 Å². The van der Waals surface area contributed by atoms with Gasteiger partial charge in [0.15, 0.2) is 0 Å². The standard InChI is InChI=1S/C37H43N7O7/c1-48-36(46)42-29-22-50-17-3-4-18-51-32-19-25(13-14-26(32)28-21-39-33(41-28)30-7-5-15-43(30)35(29)45)23-9-11-24(12-10-23)27-20-38-34(40-27)31-8-6-16-44(31)37(47)49-2/h9-14,19-21,29-31H,3-8,15-18,22H2,1-2H3,(H,38,40)(H,39,41)(H,42,46)/t29-,30-,31-/m0/s1. The van der Waals surface area contributed by atoms with Crippen LogP contribution in [-0.4, -0.2) is 101 Å². The third-order valence-corrected chi connectivity index (χ3v) is 9.82. The Balaban J connectivity index is 1.12. The van der Waals surface area contributed by atoms with Gasteiger partial charge in [0.1, 0.15) is 23.4 Å². The molecule has 0 spiro atoms. The monoisotopic (exact) mass is 697 g/mol. The van der Waals surface area contributed by atoms with Crippen LogP contribution in [0.3, 0.4) is 0 Å². The molecule has 3 amide bonds. The molecule has 14 heteroatoms. The van der Waals surface area contributed by atoms with Gasteiger partial charge >= 0.3 is 12.2 Å². The summed E-state index contributed by atoms with van der Waals surface area (Å²) in [6, 6.07) is 13.1. The maximum atomic E-state index is 13.7. The SMILES string of the molecule is COC(=O)N[C@H]1COCCCCOc2cc(-c3ccc(-c4cnc([C@@H]5CCCN5C(=O)OC)[nH]4)cc3)ccc2-c2cnc([nH]2)[C@@H]2CCCN2C1=O. The summed E-state index contributed by atoms with van der Waals surface area (Å²) in [6.45, 7) is 2.13. The molecule has 2 aromatic carbocycles. The molecule has 0 saturated carbocycles. The molecular formula is C37H43N7O7. The van der Waals surface area contributed by atoms with Gasteiger partial charge in [-0.2, -0.15) is 0 Å². The Morgan fingerprint density at radius 1 is 0.824 bits per heavy atom. The van der Waals surface area contributed by atoms with E-state index in [0.717, 1.165) is 77.3 Å². The molecule has 2 saturated heterocycles. The van der Waals surface area contributed by atoms with Crippen LogP contribution < -0.4 is 10.1 Å². The van der Waals surface area contributed by atoms with Crippen LogP contribution in [0.4, 0.5) is 9.59 Å². The summed E-state index contributed by atoms with van der Waals surface area (Å²) >= 11 is 0. The molecule has 2 fully saturated rings. The zero-order valence-electron chi connectivity index (χ0n) is 28.9. The molecule has 0 radical (unpaired) electrons. The third kappa shape index (κ3) is 7.27. The Labute approximate surface area is 295 Å². The van der Waals surface area contributed by atoms with E-state index in [9.17, 15) is 14.4 Å². The number of fused-ring (bicyclic) bond motifs is 6. The zero-order chi connectivity index (χ0) is 35.3. The number of carbonyl (C=O) groups is 3. The number of benzene rings is 2. The first kappa shape index (κ1) is 34.1. The minimum Gasteiger partial charge on any atom is -0.493 e. The van der Waals surface area contributed by atoms with Crippen molar-refractivity contribution in [2.24, 2.45) is 0 Å². The number of alkyl carbamates (subject to hydrolysis) is 1. The number of aromatic nitrogens is 4. The lowest BCUT2D eigenvalue weighted by Gasteiger charge is -2.28. The summed E-state index contributed by atoms with van der Waals surface area (Å²) in [5, 5.41) is 2.64. The highest BCUT2D eigenvalue weighted by molar-refractivity contribution is 5.86. The first-order chi connectivity index (χ1) is 24.9. The van der Waals surface area contributed by atoms with E-state index in [2.05, 4.69) is 56.7 Å². The minimum absolute atomic E-state index is 0.0441. The van der Waals surface area contributed by atoms with Crippen molar-refractivity contribution in [2.75, 3.05) is 47.1 Å². The van der Waals surface area contributed by atoms with E-state index < -0.39 is 12.1 Å². The fraction of sp³-hybridized carbons (Fsp3) is 0.432. The quantitative estimate of drug-likeness (QED) is 0.246. The molecule has 0 aliphatic carbocycles. The lowest BCUT2D eigenvalue weighted by Crippen LogP contribution is -2.50. The van der Waals surface area contributed by atoms with Gasteiger partial charge in [-0.15, -0.1) is 0 Å². The predicted octanol–water partition coefficient (Wildman–Crippen LogP) is 5.61. The number of H-pyrrole nitrogens is 2. The maximum Gasteiger partial charge on any atom is 0.410 e. The lowest BCUT2D eigenvalue weighted by molar-refractivity contribution is -0.136. The van der Waals surface area contributed by atoms with Crippen LogP contribution >= 0.6 is 0 Å². The zero-order valence-corrected chi connectivity index (χ0v) is 28.9. The molecule has 2 aromatic heterocycles. The molecule has 51 heavy (non-hydrogen) atoms. The summed E-state index contributed by atoms with van der Waals surface area (Å²) in [6.07, 6.45) is 7.33. The topological polar surface area (TPSA) is 164 Å². The van der Waals surface area contributed by atoms with Gasteiger partial charge in [-0.3, -0.25) is 9.69 Å². The number of hydrogen-bond donors (Lipinski definition) is 3. The number of nitrogens with one attached hydrogen (secondary N) is 3. The van der Waals surface area contributed by atoms with Gasteiger partial charge in [-0.05, 0) is 67.3 Å². The van der Waals surface area contributed by atoms with E-state index in [1.165, 1.54) is 14.2 Å². The predicted molar refractivity (Wildman–Crippen MR) is 187 cm³/mol. The van der Waals surface area contributed by atoms with Crippen LogP contribution in [0.5, 0.6) is 5.75 Å². The van der Waals surface area contributed by atoms with Gasteiger partial charge in [-0.25, -0.2) is 19.6 Å². The van der Waals surface area contributed by atoms with Gasteiger partial charge in [-0.1, -0.05) is 30.3 Å². The highest BCUT2D eigenvalue weighted by atomic mass is 16.5. The average molecular weight is 698 g/mol. The Bertz CT molecular complexity index is 1860. The Morgan fingerprint density at radius 3 is 2.31 bits per heavy atom. The molecule has 0 unspecified atom stereocenters. The molecule has 14 nitrogen and oxygen atoms in total. The summed E-state index contributed by atoms with van der Waals surface area (Å²) in [5.74, 6) is 1.94. The van der Waals surface area contributed by atoms with E-state index in [4.69, 9.17) is 23.9 Å². The molecule has 3 aliphatic rings. The second kappa shape index (κ2) is 15.3. The van der Waals surface area contributed by atoms with E-state index in [1.807, 2.05) is 12.3 Å². The molecule has 2 bridgehead atoms. The number of nitrogens with zero attached hydrogens (tertiary/aromatic N) is 4. The number of methoxy groups -OCH3 is 2. The number of carbonyl (C=O) groups excluding carboxylic acids is 3. The molecule has 4 aromatic rings. The number of imidazole rings is 2. The van der Waals surface area contributed by atoms with Crippen molar-refractivity contribution in [1.82, 2.24) is 35.1 Å². The largest absolute Gasteiger partial charge is 0.493 e. The van der Waals surface area contributed by atoms with Crippen molar-refractivity contribution in [3.63, 3.8) is 0 Å². The van der Waals surface area contributed by atoms with Crippen LogP contribution in [0.2, 0.25) is 0 Å². The van der Waals surface area contributed by atoms with E-state index in [1.54, 1.807) is 16.0 Å². The smallest absolute Gasteiger partial charge is 0.410 e. The summed E-state index contributed by atoms with van der Waals surface area (Å²) in [7, 11) is 2.67. The fourth-order valence-electron chi connectivity index (χ4n) is 7.15. The van der Waals surface area contributed by atoms with E-state index in [0.29, 0.717) is 38.5 Å². The van der Waals surface area contributed by atoms with Crippen molar-refractivity contribution in [3.8, 4) is 39.4 Å². The molecule has 3 aliphatic heterocycles. The van der Waals surface area contributed by atoms with Crippen LogP contribution in [0.1, 0.15) is 62.3 Å². The Hall–Kier alpha value is -5.37. The van der Waals surface area contributed by atoms with E-state index >= 15 is 0 Å². The number of likely N-dealkylation sites (tertiary alicyclic amines) is 1. The normalized spacial score (nSPS) is 21.1. The number of hydrogen-bond acceptors (Lipinski definition) is 9. The Morgan fingerprint density at radius 2 is 1.51 bits per heavy atom. The second-order valence-electron chi connectivity index (χ2n) is 13.0. The lowest BCUT2D eigenvalue weighted by atomic mass is 10.00. The van der Waals surface area contributed by atoms with Crippen LogP contribution in [0, 0.1) is 0 Å². The first-order valence-corrected chi connectivity index (χ1v) is 17.5. The van der Waals surface area contributed by atoms with E-state index in [-0.39, 0.29) is 30.7 Å². The second-order valence-corrected chi connectivity index (χ2v) is 13.0. The summed E-state index contributed by atoms with van der Waals surface area (Å²) in [5.41, 5.74) is 5.56. The number of rotatable bonds is 4. The molecular weight excluding hydrogens is 654 g/mol. The molecule has 7 rings (SSSR count). The first-order valence-electron chi connectivity index (χ1n) is 17.5. The Kier molecular flexibility index (Phi) is 10.2. The summed E-state index contributed by atoms with van der Waals surface area (Å²) in [4.78, 5) is 57.6. The van der Waals surface area contributed by atoms with Crippen molar-refractivity contribution in [1.29, 1.82) is 0 Å². The number of aromatic amines is 2. The van der Waals surface area contributed by atoms with Crippen molar-refractivity contribution in [2.45, 2.75) is 56.7 Å². The minimum atomic E-state index is -0.863. The van der Waals surface area contributed by atoms with Gasteiger partial charge in [0.05, 0.1) is 63.3 Å². The van der Waals surface area contributed by atoms with Crippen LogP contribution in [0.15, 0.2) is 54.9 Å². The van der Waals surface area contributed by atoms with Crippen LogP contribution in [-0.2, 0) is 19.0 Å². The molecule has 3 atom stereocenters. The van der Waals surface area contributed by atoms with Gasteiger partial charge in [0, 0.05) is 25.3 Å². The van der Waals surface area contributed by atoms with Crippen LogP contribution in [0.25, 0.3) is 33.6 Å². The molecule has 5 heterocycles. The molecule has 3 N–H and O–H groups in total. The number of ether oxygens (including phenoxy) is 4. The highest BCUT2D eigenvalue weighted by Gasteiger charge is 2.37. The third-order valence-electron chi connectivity index (χ3n) is 9.82.